The summed E-state index contributed by atoms with van der Waals surface area (Å²) in [6, 6.07) is 3.56. The molecule has 0 fully saturated rings. The van der Waals surface area contributed by atoms with Crippen molar-refractivity contribution in [3.8, 4) is 11.5 Å². The number of benzene rings is 1. The van der Waals surface area contributed by atoms with Gasteiger partial charge in [0.05, 0.1) is 0 Å². The molecule has 0 saturated heterocycles. The first-order chi connectivity index (χ1) is 8.06. The lowest BCUT2D eigenvalue weighted by molar-refractivity contribution is -0.137. The van der Waals surface area contributed by atoms with E-state index in [1.165, 1.54) is 0 Å². The van der Waals surface area contributed by atoms with E-state index >= 15 is 0 Å². The van der Waals surface area contributed by atoms with Crippen LogP contribution in [0, 0.1) is 0 Å². The number of ether oxygens (including phenoxy) is 1. The molecule has 0 aliphatic carbocycles. The minimum atomic E-state index is -0.810. The summed E-state index contributed by atoms with van der Waals surface area (Å²) in [5.41, 5.74) is 1.79. The van der Waals surface area contributed by atoms with Crippen LogP contribution in [0.2, 0.25) is 0 Å². The fourth-order valence-corrected chi connectivity index (χ4v) is 2.12. The van der Waals surface area contributed by atoms with Crippen LogP contribution in [0.15, 0.2) is 12.1 Å². The van der Waals surface area contributed by atoms with E-state index in [1.54, 1.807) is 6.07 Å². The molecule has 0 bridgehead atoms. The highest BCUT2D eigenvalue weighted by atomic mass is 16.5. The Bertz CT molecular complexity index is 439. The van der Waals surface area contributed by atoms with Crippen molar-refractivity contribution < 1.29 is 19.7 Å². The SMILES string of the molecule is CC1Cc2cc(O)c(CCCC(=O)O)cc2O1. The van der Waals surface area contributed by atoms with Crippen molar-refractivity contribution in [2.24, 2.45) is 0 Å². The monoisotopic (exact) mass is 236 g/mol. The van der Waals surface area contributed by atoms with Crippen LogP contribution in [0.5, 0.6) is 11.5 Å². The van der Waals surface area contributed by atoms with Gasteiger partial charge in [0.25, 0.3) is 0 Å². The van der Waals surface area contributed by atoms with Crippen molar-refractivity contribution in [2.45, 2.75) is 38.7 Å². The van der Waals surface area contributed by atoms with E-state index in [2.05, 4.69) is 0 Å². The van der Waals surface area contributed by atoms with Crippen molar-refractivity contribution in [3.05, 3.63) is 23.3 Å². The fraction of sp³-hybridized carbons (Fsp3) is 0.462. The summed E-state index contributed by atoms with van der Waals surface area (Å²) in [4.78, 5) is 10.4. The second-order valence-electron chi connectivity index (χ2n) is 4.47. The Kier molecular flexibility index (Phi) is 3.22. The Labute approximate surface area is 99.8 Å². The average molecular weight is 236 g/mol. The van der Waals surface area contributed by atoms with Crippen LogP contribution in [0.25, 0.3) is 0 Å². The number of hydrogen-bond donors (Lipinski definition) is 2. The standard InChI is InChI=1S/C13H16O4/c1-8-5-10-6-11(14)9(7-12(10)17-8)3-2-4-13(15)16/h6-8,14H,2-5H2,1H3,(H,15,16). The van der Waals surface area contributed by atoms with Crippen molar-refractivity contribution in [2.75, 3.05) is 0 Å². The van der Waals surface area contributed by atoms with Crippen LogP contribution in [0.4, 0.5) is 0 Å². The summed E-state index contributed by atoms with van der Waals surface area (Å²) in [5.74, 6) is 0.253. The van der Waals surface area contributed by atoms with Gasteiger partial charge in [0.1, 0.15) is 17.6 Å². The summed E-state index contributed by atoms with van der Waals surface area (Å²) in [5, 5.41) is 18.4. The molecule has 0 saturated carbocycles. The summed E-state index contributed by atoms with van der Waals surface area (Å²) >= 11 is 0. The predicted octanol–water partition coefficient (Wildman–Crippen LogP) is 2.12. The maximum absolute atomic E-state index is 10.4. The van der Waals surface area contributed by atoms with Gasteiger partial charge in [-0.1, -0.05) is 0 Å². The topological polar surface area (TPSA) is 66.8 Å². The minimum absolute atomic E-state index is 0.119. The largest absolute Gasteiger partial charge is 0.508 e. The van der Waals surface area contributed by atoms with Gasteiger partial charge in [-0.2, -0.15) is 0 Å². The molecule has 1 aromatic carbocycles. The molecule has 1 atom stereocenters. The van der Waals surface area contributed by atoms with Gasteiger partial charge in [0, 0.05) is 18.4 Å². The second-order valence-corrected chi connectivity index (χ2v) is 4.47. The normalized spacial score (nSPS) is 17.6. The zero-order valence-corrected chi connectivity index (χ0v) is 9.77. The highest BCUT2D eigenvalue weighted by Gasteiger charge is 2.21. The van der Waals surface area contributed by atoms with Gasteiger partial charge in [-0.25, -0.2) is 0 Å². The van der Waals surface area contributed by atoms with Crippen LogP contribution in [-0.4, -0.2) is 22.3 Å². The number of rotatable bonds is 4. The molecular weight excluding hydrogens is 220 g/mol. The molecule has 1 aliphatic heterocycles. The highest BCUT2D eigenvalue weighted by molar-refractivity contribution is 5.66. The van der Waals surface area contributed by atoms with Crippen LogP contribution in [-0.2, 0) is 17.6 Å². The number of phenols is 1. The zero-order chi connectivity index (χ0) is 12.4. The van der Waals surface area contributed by atoms with Crippen molar-refractivity contribution in [1.82, 2.24) is 0 Å². The molecule has 4 heteroatoms. The van der Waals surface area contributed by atoms with Gasteiger partial charge in [-0.05, 0) is 37.5 Å². The van der Waals surface area contributed by atoms with Gasteiger partial charge in [-0.3, -0.25) is 4.79 Å². The molecule has 0 radical (unpaired) electrons. The highest BCUT2D eigenvalue weighted by Crippen LogP contribution is 2.34. The van der Waals surface area contributed by atoms with E-state index in [0.717, 1.165) is 23.3 Å². The third-order valence-corrected chi connectivity index (χ3v) is 2.93. The van der Waals surface area contributed by atoms with Gasteiger partial charge in [-0.15, -0.1) is 0 Å². The quantitative estimate of drug-likeness (QED) is 0.840. The lowest BCUT2D eigenvalue weighted by Crippen LogP contribution is -2.05. The van der Waals surface area contributed by atoms with Crippen LogP contribution >= 0.6 is 0 Å². The Morgan fingerprint density at radius 1 is 1.53 bits per heavy atom. The first kappa shape index (κ1) is 11.8. The lowest BCUT2D eigenvalue weighted by atomic mass is 10.0. The van der Waals surface area contributed by atoms with E-state index < -0.39 is 5.97 Å². The summed E-state index contributed by atoms with van der Waals surface area (Å²) in [6.45, 7) is 1.99. The number of phenolic OH excluding ortho intramolecular Hbond substituents is 1. The summed E-state index contributed by atoms with van der Waals surface area (Å²) in [7, 11) is 0. The number of hydrogen-bond acceptors (Lipinski definition) is 3. The first-order valence-corrected chi connectivity index (χ1v) is 5.79. The number of carboxylic acids is 1. The van der Waals surface area contributed by atoms with Crippen LogP contribution in [0.3, 0.4) is 0 Å². The second kappa shape index (κ2) is 4.65. The van der Waals surface area contributed by atoms with Crippen molar-refractivity contribution >= 4 is 5.97 Å². The molecular formula is C13H16O4. The van der Waals surface area contributed by atoms with Gasteiger partial charge < -0.3 is 14.9 Å². The number of aryl methyl sites for hydroxylation is 1. The van der Waals surface area contributed by atoms with E-state index in [0.29, 0.717) is 12.8 Å². The molecule has 1 aliphatic rings. The van der Waals surface area contributed by atoms with Crippen LogP contribution in [0.1, 0.15) is 30.9 Å². The zero-order valence-electron chi connectivity index (χ0n) is 9.77. The maximum Gasteiger partial charge on any atom is 0.303 e. The van der Waals surface area contributed by atoms with Crippen molar-refractivity contribution in [1.29, 1.82) is 0 Å². The van der Waals surface area contributed by atoms with E-state index in [-0.39, 0.29) is 18.3 Å². The third-order valence-electron chi connectivity index (χ3n) is 2.93. The Balaban J connectivity index is 2.08. The number of carboxylic acid groups (broad SMARTS) is 1. The Hall–Kier alpha value is -1.71. The van der Waals surface area contributed by atoms with Gasteiger partial charge in [0.15, 0.2) is 0 Å². The fourth-order valence-electron chi connectivity index (χ4n) is 2.12. The number of fused-ring (bicyclic) bond motifs is 1. The number of aliphatic carboxylic acids is 1. The van der Waals surface area contributed by atoms with Gasteiger partial charge >= 0.3 is 5.97 Å². The Morgan fingerprint density at radius 3 is 3.00 bits per heavy atom. The maximum atomic E-state index is 10.4. The molecule has 92 valence electrons. The summed E-state index contributed by atoms with van der Waals surface area (Å²) < 4.78 is 5.60. The molecule has 0 aromatic heterocycles. The minimum Gasteiger partial charge on any atom is -0.508 e. The summed E-state index contributed by atoms with van der Waals surface area (Å²) in [6.07, 6.45) is 2.17. The molecule has 2 N–H and O–H groups in total. The predicted molar refractivity (Wildman–Crippen MR) is 62.5 cm³/mol. The Morgan fingerprint density at radius 2 is 2.29 bits per heavy atom. The van der Waals surface area contributed by atoms with Crippen molar-refractivity contribution in [3.63, 3.8) is 0 Å². The third kappa shape index (κ3) is 2.70. The molecule has 0 amide bonds. The van der Waals surface area contributed by atoms with E-state index in [4.69, 9.17) is 9.84 Å². The smallest absolute Gasteiger partial charge is 0.303 e. The number of aromatic hydroxyl groups is 1. The number of carbonyl (C=O) groups is 1. The molecule has 1 heterocycles. The molecule has 1 unspecified atom stereocenters. The lowest BCUT2D eigenvalue weighted by Gasteiger charge is -2.07. The molecule has 1 aromatic rings. The van der Waals surface area contributed by atoms with Crippen LogP contribution < -0.4 is 4.74 Å². The molecule has 0 spiro atoms. The molecule has 17 heavy (non-hydrogen) atoms. The van der Waals surface area contributed by atoms with Gasteiger partial charge in [0.2, 0.25) is 0 Å². The van der Waals surface area contributed by atoms with E-state index in [9.17, 15) is 9.90 Å². The average Bonchev–Trinajstić information content (AvgIpc) is 2.57. The molecule has 2 rings (SSSR count). The van der Waals surface area contributed by atoms with E-state index in [1.807, 2.05) is 13.0 Å². The first-order valence-electron chi connectivity index (χ1n) is 5.79. The molecule has 4 nitrogen and oxygen atoms in total.